The Hall–Kier alpha value is -3.28. The van der Waals surface area contributed by atoms with Crippen molar-refractivity contribution in [2.75, 3.05) is 18.4 Å². The Balaban J connectivity index is 1.27. The second kappa shape index (κ2) is 13.0. The van der Waals surface area contributed by atoms with E-state index in [0.717, 1.165) is 22.9 Å². The van der Waals surface area contributed by atoms with Gasteiger partial charge < -0.3 is 15.2 Å². The lowest BCUT2D eigenvalue weighted by Crippen LogP contribution is -2.59. The Bertz CT molecular complexity index is 1680. The van der Waals surface area contributed by atoms with E-state index >= 15 is 0 Å². The summed E-state index contributed by atoms with van der Waals surface area (Å²) in [5, 5.41) is 15.6. The van der Waals surface area contributed by atoms with E-state index in [-0.39, 0.29) is 34.3 Å². The fourth-order valence-electron chi connectivity index (χ4n) is 6.25. The first-order valence-electron chi connectivity index (χ1n) is 14.7. The van der Waals surface area contributed by atoms with Crippen LogP contribution in [-0.2, 0) is 26.6 Å². The number of Topliss-reactive ketones (excluding diaryl/α,β-unsaturated/α-hetero) is 1. The third-order valence-corrected chi connectivity index (χ3v) is 10.2. The van der Waals surface area contributed by atoms with Crippen molar-refractivity contribution in [2.45, 2.75) is 56.9 Å². The minimum absolute atomic E-state index is 0.0822. The van der Waals surface area contributed by atoms with Gasteiger partial charge in [-0.05, 0) is 62.3 Å². The van der Waals surface area contributed by atoms with Crippen LogP contribution in [0.15, 0.2) is 60.5 Å². The Morgan fingerprint density at radius 1 is 1.07 bits per heavy atom. The van der Waals surface area contributed by atoms with Crippen LogP contribution in [0.5, 0.6) is 0 Å². The molecule has 230 valence electrons. The molecule has 2 aliphatic rings. The fraction of sp³-hybridized carbons (Fsp3) is 0.375. The van der Waals surface area contributed by atoms with Crippen LogP contribution in [0.25, 0.3) is 10.1 Å². The van der Waals surface area contributed by atoms with Crippen molar-refractivity contribution in [1.29, 1.82) is 0 Å². The molecule has 1 aliphatic carbocycles. The number of halogens is 2. The Labute approximate surface area is 268 Å². The Morgan fingerprint density at radius 3 is 2.52 bits per heavy atom. The van der Waals surface area contributed by atoms with Crippen molar-refractivity contribution in [3.63, 3.8) is 0 Å². The molecule has 2 aromatic carbocycles. The highest BCUT2D eigenvalue weighted by Crippen LogP contribution is 2.38. The van der Waals surface area contributed by atoms with E-state index in [0.29, 0.717) is 55.6 Å². The van der Waals surface area contributed by atoms with E-state index in [1.807, 2.05) is 34.5 Å². The number of ketones is 1. The summed E-state index contributed by atoms with van der Waals surface area (Å²) < 4.78 is 9.48. The number of nitrogens with zero attached hydrogens (tertiary/aromatic N) is 3. The van der Waals surface area contributed by atoms with Crippen molar-refractivity contribution < 1.29 is 24.2 Å². The zero-order valence-electron chi connectivity index (χ0n) is 23.9. The van der Waals surface area contributed by atoms with Crippen molar-refractivity contribution >= 4 is 68.0 Å². The van der Waals surface area contributed by atoms with E-state index in [1.165, 1.54) is 11.3 Å². The third-order valence-electron chi connectivity index (χ3n) is 8.57. The summed E-state index contributed by atoms with van der Waals surface area (Å²) in [6.07, 6.45) is 8.42. The number of thiophene rings is 1. The molecule has 0 radical (unpaired) electrons. The van der Waals surface area contributed by atoms with E-state index in [1.54, 1.807) is 35.4 Å². The van der Waals surface area contributed by atoms with E-state index in [2.05, 4.69) is 10.3 Å². The van der Waals surface area contributed by atoms with E-state index < -0.39 is 17.7 Å². The lowest BCUT2D eigenvalue weighted by molar-refractivity contribution is -0.233. The molecule has 1 saturated heterocycles. The van der Waals surface area contributed by atoms with Gasteiger partial charge in [-0.15, -0.1) is 11.3 Å². The van der Waals surface area contributed by atoms with Gasteiger partial charge in [0.2, 0.25) is 5.78 Å². The molecule has 0 spiro atoms. The molecular weight excluding hydrogens is 623 g/mol. The number of aromatic nitrogens is 2. The van der Waals surface area contributed by atoms with Gasteiger partial charge in [0.1, 0.15) is 0 Å². The fourth-order valence-corrected chi connectivity index (χ4v) is 7.66. The highest BCUT2D eigenvalue weighted by molar-refractivity contribution is 7.17. The summed E-state index contributed by atoms with van der Waals surface area (Å²) in [6, 6.07) is 10.9. The van der Waals surface area contributed by atoms with Gasteiger partial charge in [0.15, 0.2) is 0 Å². The van der Waals surface area contributed by atoms with Gasteiger partial charge in [0, 0.05) is 52.4 Å². The number of carbonyl (C=O) groups is 3. The predicted octanol–water partition coefficient (Wildman–Crippen LogP) is 6.83. The van der Waals surface area contributed by atoms with Gasteiger partial charge in [0.05, 0.1) is 34.6 Å². The first-order valence-corrected chi connectivity index (χ1v) is 16.3. The molecule has 6 rings (SSSR count). The average Bonchev–Trinajstić information content (AvgIpc) is 3.81. The summed E-state index contributed by atoms with van der Waals surface area (Å²) in [7, 11) is 0. The normalized spacial score (nSPS) is 20.4. The number of likely N-dealkylation sites (tertiary alicyclic amines) is 1. The van der Waals surface area contributed by atoms with Crippen LogP contribution in [0.4, 0.5) is 5.69 Å². The summed E-state index contributed by atoms with van der Waals surface area (Å²) in [6.45, 7) is 1.32. The number of carboxylic acids is 1. The minimum atomic E-state index is -1.48. The number of anilines is 1. The lowest BCUT2D eigenvalue weighted by Gasteiger charge is -2.44. The first-order chi connectivity index (χ1) is 21.3. The molecule has 44 heavy (non-hydrogen) atoms. The smallest absolute Gasteiger partial charge is 0.306 e. The van der Waals surface area contributed by atoms with Gasteiger partial charge >= 0.3 is 5.97 Å². The maximum absolute atomic E-state index is 14.5. The molecule has 0 bridgehead atoms. The number of benzene rings is 2. The molecule has 2 aromatic heterocycles. The van der Waals surface area contributed by atoms with E-state index in [9.17, 15) is 19.5 Å². The molecule has 9 nitrogen and oxygen atoms in total. The summed E-state index contributed by atoms with van der Waals surface area (Å²) in [5.74, 6) is -3.22. The number of rotatable bonds is 10. The zero-order chi connectivity index (χ0) is 30.8. The summed E-state index contributed by atoms with van der Waals surface area (Å²) >= 11 is 14.9. The zero-order valence-corrected chi connectivity index (χ0v) is 26.2. The number of nitrogens with one attached hydrogen (secondary N) is 1. The monoisotopic (exact) mass is 654 g/mol. The van der Waals surface area contributed by atoms with Gasteiger partial charge in [-0.1, -0.05) is 41.4 Å². The molecule has 2 fully saturated rings. The highest BCUT2D eigenvalue weighted by Gasteiger charge is 2.50. The molecule has 1 amide bonds. The Kier molecular flexibility index (Phi) is 9.07. The van der Waals surface area contributed by atoms with Gasteiger partial charge in [-0.2, -0.15) is 0 Å². The van der Waals surface area contributed by atoms with Crippen LogP contribution in [0.2, 0.25) is 10.0 Å². The average molecular weight is 656 g/mol. The van der Waals surface area contributed by atoms with Gasteiger partial charge in [0.25, 0.3) is 11.8 Å². The lowest BCUT2D eigenvalue weighted by atomic mass is 9.87. The van der Waals surface area contributed by atoms with Crippen molar-refractivity contribution in [1.82, 2.24) is 14.5 Å². The van der Waals surface area contributed by atoms with Gasteiger partial charge in [-0.25, -0.2) is 4.98 Å². The molecule has 1 saturated carbocycles. The highest BCUT2D eigenvalue weighted by atomic mass is 35.5. The number of hydrogen-bond acceptors (Lipinski definition) is 7. The largest absolute Gasteiger partial charge is 0.481 e. The van der Waals surface area contributed by atoms with Crippen LogP contribution >= 0.6 is 34.5 Å². The van der Waals surface area contributed by atoms with Gasteiger partial charge in [-0.3, -0.25) is 23.9 Å². The summed E-state index contributed by atoms with van der Waals surface area (Å²) in [4.78, 5) is 45.5. The summed E-state index contributed by atoms with van der Waals surface area (Å²) in [5.41, 5.74) is 1.39. The molecule has 4 aromatic rings. The standard InChI is InChI=1S/C32H32Cl2N4O5S/c33-25-17-27(36-30(40)24-18-44-28-6-2-1-5-23(24)28)26(34)15-21(25)16-29(39)32(37-12-3-4-13-37,38-14-11-35-19-38)43-22-9-7-20(8-10-22)31(41)42/h1-2,5-6,11,14-15,17-20,22H,3-4,7-10,12-13,16H2,(H,36,40)(H,41,42). The number of carbonyl (C=O) groups excluding carboxylic acids is 2. The molecule has 1 aliphatic heterocycles. The van der Waals surface area contributed by atoms with E-state index in [4.69, 9.17) is 27.9 Å². The van der Waals surface area contributed by atoms with Crippen molar-refractivity contribution in [3.8, 4) is 0 Å². The Morgan fingerprint density at radius 2 is 1.82 bits per heavy atom. The van der Waals surface area contributed by atoms with Crippen LogP contribution < -0.4 is 5.32 Å². The second-order valence-corrected chi connectivity index (χ2v) is 13.1. The predicted molar refractivity (Wildman–Crippen MR) is 170 cm³/mol. The maximum Gasteiger partial charge on any atom is 0.306 e. The topological polar surface area (TPSA) is 114 Å². The van der Waals surface area contributed by atoms with Crippen LogP contribution in [0.1, 0.15) is 54.4 Å². The number of amides is 1. The van der Waals surface area contributed by atoms with Crippen LogP contribution in [0, 0.1) is 5.92 Å². The third kappa shape index (κ3) is 6.01. The number of hydrogen-bond donors (Lipinski definition) is 2. The molecule has 1 atom stereocenters. The second-order valence-electron chi connectivity index (χ2n) is 11.3. The van der Waals surface area contributed by atoms with Crippen molar-refractivity contribution in [3.05, 3.63) is 81.7 Å². The quantitative estimate of drug-likeness (QED) is 0.193. The molecule has 3 heterocycles. The number of carboxylic acid groups (broad SMARTS) is 1. The van der Waals surface area contributed by atoms with Crippen molar-refractivity contribution in [2.24, 2.45) is 5.92 Å². The molecule has 1 unspecified atom stereocenters. The number of aliphatic carboxylic acids is 1. The molecule has 2 N–H and O–H groups in total. The maximum atomic E-state index is 14.5. The minimum Gasteiger partial charge on any atom is -0.481 e. The van der Waals surface area contributed by atoms with Crippen LogP contribution in [0.3, 0.4) is 0 Å². The number of imidazole rings is 1. The molecule has 12 heteroatoms. The first kappa shape index (κ1) is 30.7. The number of ether oxygens (including phenoxy) is 1. The van der Waals surface area contributed by atoms with Crippen LogP contribution in [-0.4, -0.2) is 56.4 Å². The SMILES string of the molecule is O=C(Nc1cc(Cl)c(CC(=O)C(OC2CCC(C(=O)O)CC2)(N2CCCC2)n2ccnc2)cc1Cl)c1csc2ccccc12. The number of fused-ring (bicyclic) bond motifs is 1. The molecular formula is C32H32Cl2N4O5S.